The molecule has 1 saturated carbocycles. The summed E-state index contributed by atoms with van der Waals surface area (Å²) in [7, 11) is -4.24. The van der Waals surface area contributed by atoms with Crippen LogP contribution in [0.5, 0.6) is 0 Å². The van der Waals surface area contributed by atoms with Crippen LogP contribution in [0.2, 0.25) is 5.02 Å². The number of amides is 2. The maximum absolute atomic E-state index is 14.1. The van der Waals surface area contributed by atoms with Crippen LogP contribution in [0.25, 0.3) is 0 Å². The number of anilines is 1. The highest BCUT2D eigenvalue weighted by Crippen LogP contribution is 2.37. The predicted octanol–water partition coefficient (Wildman–Crippen LogP) is 5.82. The zero-order valence-electron chi connectivity index (χ0n) is 23.6. The van der Waals surface area contributed by atoms with Gasteiger partial charge in [0, 0.05) is 19.0 Å². The fraction of sp³-hybridized carbons (Fsp3) is 0.355. The van der Waals surface area contributed by atoms with Gasteiger partial charge in [-0.3, -0.25) is 13.9 Å². The molecule has 1 aliphatic rings. The summed E-state index contributed by atoms with van der Waals surface area (Å²) in [6, 6.07) is 19.6. The lowest BCUT2D eigenvalue weighted by atomic mass is 10.0. The van der Waals surface area contributed by atoms with Gasteiger partial charge in [0.25, 0.3) is 0 Å². The van der Waals surface area contributed by atoms with Crippen molar-refractivity contribution in [3.05, 3.63) is 101 Å². The third-order valence-corrected chi connectivity index (χ3v) is 8.86. The van der Waals surface area contributed by atoms with Crippen molar-refractivity contribution in [1.82, 2.24) is 10.2 Å². The van der Waals surface area contributed by atoms with Gasteiger partial charge in [0.1, 0.15) is 12.6 Å². The average molecular weight is 636 g/mol. The van der Waals surface area contributed by atoms with E-state index in [9.17, 15) is 31.2 Å². The van der Waals surface area contributed by atoms with E-state index in [0.29, 0.717) is 15.9 Å². The smallest absolute Gasteiger partial charge is 0.352 e. The number of carbonyl (C=O) groups is 2. The minimum Gasteiger partial charge on any atom is -0.352 e. The quantitative estimate of drug-likeness (QED) is 0.288. The fourth-order valence-electron chi connectivity index (χ4n) is 5.20. The van der Waals surface area contributed by atoms with Gasteiger partial charge in [-0.1, -0.05) is 85.1 Å². The van der Waals surface area contributed by atoms with Crippen molar-refractivity contribution in [2.45, 2.75) is 56.9 Å². The minimum absolute atomic E-state index is 0.0265. The summed E-state index contributed by atoms with van der Waals surface area (Å²) < 4.78 is 67.2. The summed E-state index contributed by atoms with van der Waals surface area (Å²) in [6.45, 7) is -0.853. The maximum Gasteiger partial charge on any atom is 0.417 e. The molecule has 43 heavy (non-hydrogen) atoms. The summed E-state index contributed by atoms with van der Waals surface area (Å²) in [5.41, 5.74) is -0.124. The van der Waals surface area contributed by atoms with Crippen molar-refractivity contribution < 1.29 is 31.2 Å². The summed E-state index contributed by atoms with van der Waals surface area (Å²) in [5, 5.41) is 2.46. The second-order valence-corrected chi connectivity index (χ2v) is 12.9. The number of rotatable bonds is 11. The molecule has 1 atom stereocenters. The standard InChI is InChI=1S/C31H33ClF3N3O4S/c1-43(41,42)38(25-16-17-27(32)26(19-25)31(33,34)35)21-29(39)37(20-23-12-6-3-7-13-23)28(18-22-10-4-2-5-11-22)30(40)36-24-14-8-9-15-24/h2-7,10-13,16-17,19,24,28H,8-9,14-15,18,20-21H2,1H3,(H,36,40). The third-order valence-electron chi connectivity index (χ3n) is 7.39. The van der Waals surface area contributed by atoms with E-state index < -0.39 is 45.3 Å². The van der Waals surface area contributed by atoms with Crippen molar-refractivity contribution in [1.29, 1.82) is 0 Å². The van der Waals surface area contributed by atoms with Crippen LogP contribution in [0, 0.1) is 0 Å². The fourth-order valence-corrected chi connectivity index (χ4v) is 6.27. The Labute approximate surface area is 254 Å². The maximum atomic E-state index is 14.1. The Morgan fingerprint density at radius 1 is 0.953 bits per heavy atom. The molecule has 0 radical (unpaired) electrons. The molecule has 7 nitrogen and oxygen atoms in total. The molecule has 1 aliphatic carbocycles. The molecule has 12 heteroatoms. The molecule has 0 bridgehead atoms. The van der Waals surface area contributed by atoms with E-state index in [1.165, 1.54) is 4.90 Å². The molecule has 0 spiro atoms. The zero-order valence-corrected chi connectivity index (χ0v) is 25.1. The second kappa shape index (κ2) is 13.8. The van der Waals surface area contributed by atoms with Gasteiger partial charge in [0.2, 0.25) is 21.8 Å². The van der Waals surface area contributed by atoms with Crippen LogP contribution < -0.4 is 9.62 Å². The van der Waals surface area contributed by atoms with Crippen molar-refractivity contribution in [2.24, 2.45) is 0 Å². The van der Waals surface area contributed by atoms with E-state index in [4.69, 9.17) is 11.6 Å². The number of sulfonamides is 1. The molecule has 0 saturated heterocycles. The Morgan fingerprint density at radius 2 is 1.53 bits per heavy atom. The number of carbonyl (C=O) groups excluding carboxylic acids is 2. The molecule has 3 aromatic carbocycles. The Bertz CT molecular complexity index is 1520. The highest BCUT2D eigenvalue weighted by molar-refractivity contribution is 7.92. The van der Waals surface area contributed by atoms with Crippen LogP contribution in [0.3, 0.4) is 0 Å². The van der Waals surface area contributed by atoms with Gasteiger partial charge in [-0.25, -0.2) is 8.42 Å². The first-order chi connectivity index (χ1) is 20.3. The summed E-state index contributed by atoms with van der Waals surface area (Å²) in [4.78, 5) is 29.2. The number of hydrogen-bond donors (Lipinski definition) is 1. The zero-order chi connectivity index (χ0) is 31.2. The van der Waals surface area contributed by atoms with Gasteiger partial charge < -0.3 is 10.2 Å². The van der Waals surface area contributed by atoms with E-state index in [2.05, 4.69) is 5.32 Å². The van der Waals surface area contributed by atoms with Crippen LogP contribution in [0.4, 0.5) is 18.9 Å². The van der Waals surface area contributed by atoms with E-state index in [-0.39, 0.29) is 30.6 Å². The number of hydrogen-bond acceptors (Lipinski definition) is 4. The van der Waals surface area contributed by atoms with Crippen LogP contribution in [-0.2, 0) is 38.8 Å². The Hall–Kier alpha value is -3.57. The number of nitrogens with one attached hydrogen (secondary N) is 1. The lowest BCUT2D eigenvalue weighted by Gasteiger charge is -2.34. The van der Waals surface area contributed by atoms with Crippen LogP contribution >= 0.6 is 11.6 Å². The molecule has 4 rings (SSSR count). The van der Waals surface area contributed by atoms with Crippen LogP contribution in [0.15, 0.2) is 78.9 Å². The Morgan fingerprint density at radius 3 is 2.09 bits per heavy atom. The van der Waals surface area contributed by atoms with Gasteiger partial charge >= 0.3 is 6.18 Å². The van der Waals surface area contributed by atoms with E-state index >= 15 is 0 Å². The van der Waals surface area contributed by atoms with E-state index in [1.807, 2.05) is 30.3 Å². The highest BCUT2D eigenvalue weighted by atomic mass is 35.5. The molecule has 230 valence electrons. The number of nitrogens with zero attached hydrogens (tertiary/aromatic N) is 2. The molecule has 3 aromatic rings. The normalized spacial score (nSPS) is 14.7. The van der Waals surface area contributed by atoms with Gasteiger partial charge in [0.05, 0.1) is 22.5 Å². The molecule has 1 fully saturated rings. The molecule has 2 amide bonds. The Kier molecular flexibility index (Phi) is 10.4. The summed E-state index contributed by atoms with van der Waals surface area (Å²) in [5.74, 6) is -1.13. The monoisotopic (exact) mass is 635 g/mol. The molecular weight excluding hydrogens is 603 g/mol. The molecule has 0 heterocycles. The van der Waals surface area contributed by atoms with Crippen molar-refractivity contribution in [3.8, 4) is 0 Å². The molecule has 0 aromatic heterocycles. The lowest BCUT2D eigenvalue weighted by Crippen LogP contribution is -2.54. The van der Waals surface area contributed by atoms with Crippen molar-refractivity contribution in [3.63, 3.8) is 0 Å². The van der Waals surface area contributed by atoms with E-state index in [1.54, 1.807) is 30.3 Å². The number of benzene rings is 3. The molecule has 1 unspecified atom stereocenters. The van der Waals surface area contributed by atoms with E-state index in [0.717, 1.165) is 49.6 Å². The van der Waals surface area contributed by atoms with Crippen LogP contribution in [0.1, 0.15) is 42.4 Å². The Balaban J connectivity index is 1.74. The first-order valence-electron chi connectivity index (χ1n) is 13.8. The molecule has 1 N–H and O–H groups in total. The average Bonchev–Trinajstić information content (AvgIpc) is 3.47. The first-order valence-corrected chi connectivity index (χ1v) is 16.1. The van der Waals surface area contributed by atoms with Crippen molar-refractivity contribution >= 4 is 39.1 Å². The largest absolute Gasteiger partial charge is 0.417 e. The summed E-state index contributed by atoms with van der Waals surface area (Å²) >= 11 is 5.76. The predicted molar refractivity (Wildman–Crippen MR) is 160 cm³/mol. The van der Waals surface area contributed by atoms with Gasteiger partial charge in [0.15, 0.2) is 0 Å². The number of halogens is 4. The van der Waals surface area contributed by atoms with Crippen LogP contribution in [-0.4, -0.2) is 50.0 Å². The third kappa shape index (κ3) is 8.73. The highest BCUT2D eigenvalue weighted by Gasteiger charge is 2.37. The van der Waals surface area contributed by atoms with Gasteiger partial charge in [-0.05, 0) is 42.2 Å². The lowest BCUT2D eigenvalue weighted by molar-refractivity contribution is -0.140. The van der Waals surface area contributed by atoms with Gasteiger partial charge in [-0.2, -0.15) is 13.2 Å². The topological polar surface area (TPSA) is 86.8 Å². The second-order valence-electron chi connectivity index (χ2n) is 10.6. The number of alkyl halides is 3. The van der Waals surface area contributed by atoms with Crippen molar-refractivity contribution in [2.75, 3.05) is 17.1 Å². The summed E-state index contributed by atoms with van der Waals surface area (Å²) in [6.07, 6.45) is -0.310. The molecule has 0 aliphatic heterocycles. The van der Waals surface area contributed by atoms with Gasteiger partial charge in [-0.15, -0.1) is 0 Å². The first kappa shape index (κ1) is 32.3. The SMILES string of the molecule is CS(=O)(=O)N(CC(=O)N(Cc1ccccc1)C(Cc1ccccc1)C(=O)NC1CCCC1)c1ccc(Cl)c(C(F)(F)F)c1. The minimum atomic E-state index is -4.85. The molecular formula is C31H33ClF3N3O4S.